The van der Waals surface area contributed by atoms with Gasteiger partial charge in [-0.1, -0.05) is 145 Å². The predicted octanol–water partition coefficient (Wildman–Crippen LogP) is 13.5. The number of aromatic nitrogens is 6. The summed E-state index contributed by atoms with van der Waals surface area (Å²) in [5.74, 6) is 0.368. The molecule has 2 saturated heterocycles. The maximum atomic E-state index is 12.7. The maximum absolute atomic E-state index is 12.7. The molecule has 0 unspecified atom stereocenters. The van der Waals surface area contributed by atoms with Crippen LogP contribution in [-0.4, -0.2) is 97.2 Å². The summed E-state index contributed by atoms with van der Waals surface area (Å²) in [6.45, 7) is 21.8. The highest BCUT2D eigenvalue weighted by atomic mass is 35.5. The Morgan fingerprint density at radius 2 is 0.975 bits per heavy atom. The van der Waals surface area contributed by atoms with Gasteiger partial charge in [-0.15, -0.1) is 0 Å². The lowest BCUT2D eigenvalue weighted by Gasteiger charge is -2.32. The number of nitrogens with one attached hydrogen (secondary N) is 2. The van der Waals surface area contributed by atoms with Crippen molar-refractivity contribution in [2.24, 2.45) is 0 Å². The molecule has 2 fully saturated rings. The number of likely N-dealkylation sites (tertiary alicyclic amines) is 2. The molecular weight excluding hydrogens is 1030 g/mol. The van der Waals surface area contributed by atoms with E-state index in [4.69, 9.17) is 34.5 Å². The number of fused-ring (bicyclic) bond motifs is 2. The number of hydrogen-bond acceptors (Lipinski definition) is 8. The van der Waals surface area contributed by atoms with Gasteiger partial charge in [0.2, 0.25) is 17.3 Å². The number of likely N-dealkylation sites (N-methyl/N-ethyl adjacent to an activating group) is 1. The number of hydrogen-bond donors (Lipinski definition) is 2. The standard InChI is InChI=1S/C35H36N6O2.C31H26ClN5O/c1-36-31-23-29(26-9-5-4-6-10-26)33(38-34(31)43-22-21-39(2)3)27-15-13-25(14-16-27)24-40-19-17-28(18-20-40)41-32-12-8-7-11-30(32)37-35(41)42;1-33-27-19-25(22-7-3-2-4-8-22)29(35-30(27)32)23-13-11-21(12-14-23)20-36-17-15-24(16-18-36)37-28-10-6-5-9-26(28)34-31(37)38/h4-16,23,28H,17-22,24H2,2-3H3,(H,37,42);2-14,19,24H,15-18,20H2,(H,34,38). The van der Waals surface area contributed by atoms with Gasteiger partial charge in [-0.3, -0.25) is 18.9 Å². The Balaban J connectivity index is 0.000000172. The fraction of sp³-hybridized carbons (Fsp3) is 0.242. The van der Waals surface area contributed by atoms with Gasteiger partial charge in [-0.2, -0.15) is 0 Å². The molecule has 0 bridgehead atoms. The summed E-state index contributed by atoms with van der Waals surface area (Å²) < 4.78 is 9.86. The van der Waals surface area contributed by atoms with Gasteiger partial charge in [0.15, 0.2) is 0 Å². The lowest BCUT2D eigenvalue weighted by Crippen LogP contribution is -2.36. The quantitative estimate of drug-likeness (QED) is 0.0814. The van der Waals surface area contributed by atoms with E-state index < -0.39 is 0 Å². The SMILES string of the molecule is [C-]#[N+]c1cc(-c2ccccc2)c(-c2ccc(CN3CCC(n4c(=O)[nH]c5ccccc54)CC3)cc2)nc1Cl.[C-]#[N+]c1cc(-c2ccccc2)c(-c2ccc(CN3CCC(n4c(=O)[nH]c5ccccc54)CC3)cc2)nc1OCCN(C)C. The van der Waals surface area contributed by atoms with E-state index >= 15 is 0 Å². The monoisotopic (exact) mass is 1090 g/mol. The summed E-state index contributed by atoms with van der Waals surface area (Å²) in [6, 6.07) is 57.0. The molecule has 2 N–H and O–H groups in total. The topological polar surface area (TPSA) is 129 Å². The fourth-order valence-corrected chi connectivity index (χ4v) is 11.4. The number of halogens is 1. The first-order chi connectivity index (χ1) is 39.6. The van der Waals surface area contributed by atoms with Crippen molar-refractivity contribution in [3.05, 3.63) is 230 Å². The molecule has 406 valence electrons. The molecule has 0 atom stereocenters. The lowest BCUT2D eigenvalue weighted by atomic mass is 9.98. The highest BCUT2D eigenvalue weighted by Crippen LogP contribution is 2.40. The van der Waals surface area contributed by atoms with E-state index in [0.717, 1.165) is 138 Å². The Morgan fingerprint density at radius 3 is 1.42 bits per heavy atom. The number of imidazole rings is 2. The fourth-order valence-electron chi connectivity index (χ4n) is 11.3. The first-order valence-electron chi connectivity index (χ1n) is 27.5. The Kier molecular flexibility index (Phi) is 16.5. The number of benzene rings is 6. The highest BCUT2D eigenvalue weighted by Gasteiger charge is 2.26. The molecule has 0 spiro atoms. The van der Waals surface area contributed by atoms with Crippen LogP contribution in [0.15, 0.2) is 179 Å². The number of nitrogens with zero attached hydrogens (tertiary/aromatic N) is 9. The van der Waals surface area contributed by atoms with Crippen molar-refractivity contribution in [2.75, 3.05) is 53.4 Å². The lowest BCUT2D eigenvalue weighted by molar-refractivity contribution is 0.180. The smallest absolute Gasteiger partial charge is 0.326 e. The van der Waals surface area contributed by atoms with Gasteiger partial charge in [0, 0.05) is 69.0 Å². The van der Waals surface area contributed by atoms with Crippen LogP contribution in [0.2, 0.25) is 5.15 Å². The van der Waals surface area contributed by atoms with E-state index in [1.165, 1.54) is 11.1 Å². The molecule has 0 amide bonds. The van der Waals surface area contributed by atoms with Gasteiger partial charge >= 0.3 is 11.4 Å². The molecule has 10 aromatic rings. The van der Waals surface area contributed by atoms with E-state index in [-0.39, 0.29) is 28.6 Å². The summed E-state index contributed by atoms with van der Waals surface area (Å²) >= 11 is 6.33. The summed E-state index contributed by atoms with van der Waals surface area (Å²) in [7, 11) is 3.98. The summed E-state index contributed by atoms with van der Waals surface area (Å²) in [4.78, 5) is 55.0. The molecule has 81 heavy (non-hydrogen) atoms. The molecule has 0 saturated carbocycles. The van der Waals surface area contributed by atoms with Crippen LogP contribution in [0, 0.1) is 13.1 Å². The van der Waals surface area contributed by atoms with Gasteiger partial charge < -0.3 is 19.6 Å². The number of ether oxygens (including phenoxy) is 1. The Bertz CT molecular complexity index is 4010. The summed E-state index contributed by atoms with van der Waals surface area (Å²) in [6.07, 6.45) is 3.76. The molecule has 0 radical (unpaired) electrons. The third kappa shape index (κ3) is 12.2. The van der Waals surface area contributed by atoms with Gasteiger partial charge in [-0.25, -0.2) is 29.2 Å². The van der Waals surface area contributed by atoms with Gasteiger partial charge in [0.1, 0.15) is 11.8 Å². The van der Waals surface area contributed by atoms with Crippen LogP contribution >= 0.6 is 11.6 Å². The minimum absolute atomic E-state index is 0.0191. The Morgan fingerprint density at radius 1 is 0.556 bits per heavy atom. The van der Waals surface area contributed by atoms with Crippen LogP contribution in [0.4, 0.5) is 11.4 Å². The third-order valence-corrected chi connectivity index (χ3v) is 15.8. The molecule has 2 aliphatic heterocycles. The van der Waals surface area contributed by atoms with E-state index in [1.807, 2.05) is 149 Å². The van der Waals surface area contributed by atoms with Crippen LogP contribution in [0.25, 0.3) is 76.5 Å². The second-order valence-electron chi connectivity index (χ2n) is 21.1. The second-order valence-corrected chi connectivity index (χ2v) is 21.4. The van der Waals surface area contributed by atoms with Crippen molar-refractivity contribution in [1.29, 1.82) is 0 Å². The Labute approximate surface area is 476 Å². The zero-order valence-electron chi connectivity index (χ0n) is 45.4. The molecule has 4 aromatic heterocycles. The van der Waals surface area contributed by atoms with Gasteiger partial charge in [0.25, 0.3) is 0 Å². The number of H-pyrrole nitrogens is 2. The van der Waals surface area contributed by atoms with Crippen molar-refractivity contribution in [3.8, 4) is 50.6 Å². The zero-order valence-corrected chi connectivity index (χ0v) is 46.2. The van der Waals surface area contributed by atoms with E-state index in [1.54, 1.807) is 0 Å². The number of piperidine rings is 2. The van der Waals surface area contributed by atoms with E-state index in [0.29, 0.717) is 23.9 Å². The molecule has 0 aliphatic carbocycles. The molecule has 6 aromatic carbocycles. The summed E-state index contributed by atoms with van der Waals surface area (Å²) in [5, 5.41) is 0.218. The molecule has 2 aliphatic rings. The van der Waals surface area contributed by atoms with Crippen LogP contribution in [-0.2, 0) is 13.1 Å². The minimum atomic E-state index is -0.0201. The molecule has 12 rings (SSSR count). The molecule has 15 heteroatoms. The average Bonchev–Trinajstić information content (AvgIpc) is 4.10. The van der Waals surface area contributed by atoms with Gasteiger partial charge in [-0.05, 0) is 110 Å². The predicted molar refractivity (Wildman–Crippen MR) is 324 cm³/mol. The number of rotatable bonds is 14. The average molecular weight is 1090 g/mol. The first kappa shape index (κ1) is 54.1. The van der Waals surface area contributed by atoms with Crippen molar-refractivity contribution in [1.82, 2.24) is 43.8 Å². The Hall–Kier alpha value is -8.89. The van der Waals surface area contributed by atoms with Crippen LogP contribution in [0.5, 0.6) is 5.88 Å². The van der Waals surface area contributed by atoms with Gasteiger partial charge in [0.05, 0.1) is 46.6 Å². The summed E-state index contributed by atoms with van der Waals surface area (Å²) in [5.41, 5.74) is 14.3. The van der Waals surface area contributed by atoms with Crippen molar-refractivity contribution in [2.45, 2.75) is 50.9 Å². The zero-order chi connectivity index (χ0) is 55.8. The first-order valence-corrected chi connectivity index (χ1v) is 27.9. The molecule has 6 heterocycles. The van der Waals surface area contributed by atoms with Crippen molar-refractivity contribution < 1.29 is 4.74 Å². The highest BCUT2D eigenvalue weighted by molar-refractivity contribution is 6.32. The maximum Gasteiger partial charge on any atom is 0.326 e. The van der Waals surface area contributed by atoms with E-state index in [9.17, 15) is 9.59 Å². The van der Waals surface area contributed by atoms with E-state index in [2.05, 4.69) is 83.0 Å². The van der Waals surface area contributed by atoms with Crippen molar-refractivity contribution >= 4 is 45.0 Å². The normalized spacial score (nSPS) is 14.4. The number of pyridine rings is 2. The second kappa shape index (κ2) is 24.6. The molecule has 14 nitrogen and oxygen atoms in total. The van der Waals surface area contributed by atoms with Crippen LogP contribution in [0.1, 0.15) is 48.9 Å². The van der Waals surface area contributed by atoms with Crippen molar-refractivity contribution in [3.63, 3.8) is 0 Å². The molecular formula is C66H62ClN11O3. The minimum Gasteiger partial charge on any atom is -0.485 e. The van der Waals surface area contributed by atoms with Crippen LogP contribution in [0.3, 0.4) is 0 Å². The number of para-hydroxylation sites is 4. The number of aromatic amines is 2. The largest absolute Gasteiger partial charge is 0.485 e. The van der Waals surface area contributed by atoms with Crippen LogP contribution < -0.4 is 16.1 Å². The third-order valence-electron chi connectivity index (χ3n) is 15.5.